The summed E-state index contributed by atoms with van der Waals surface area (Å²) in [5, 5.41) is 1.22. The molecule has 2 aromatic rings. The number of aldehydes is 1. The van der Waals surface area contributed by atoms with Crippen LogP contribution in [0.15, 0.2) is 48.5 Å². The van der Waals surface area contributed by atoms with Crippen LogP contribution in [0.5, 0.6) is 0 Å². The van der Waals surface area contributed by atoms with E-state index in [1.807, 2.05) is 43.3 Å². The van der Waals surface area contributed by atoms with Crippen LogP contribution in [0.3, 0.4) is 0 Å². The molecule has 4 nitrogen and oxygen atoms in total. The molecule has 1 saturated carbocycles. The summed E-state index contributed by atoms with van der Waals surface area (Å²) in [6.45, 7) is 1.90. The molecule has 1 aliphatic heterocycles. The van der Waals surface area contributed by atoms with E-state index in [0.717, 1.165) is 17.4 Å². The van der Waals surface area contributed by atoms with Crippen LogP contribution in [0, 0.1) is 5.41 Å². The van der Waals surface area contributed by atoms with E-state index in [1.165, 1.54) is 0 Å². The van der Waals surface area contributed by atoms with Crippen LogP contribution in [0.25, 0.3) is 0 Å². The average molecular weight is 444 g/mol. The fourth-order valence-electron chi connectivity index (χ4n) is 5.02. The lowest BCUT2D eigenvalue weighted by atomic mass is 9.57. The normalized spacial score (nSPS) is 23.9. The minimum absolute atomic E-state index is 0.0929. The van der Waals surface area contributed by atoms with Crippen molar-refractivity contribution in [3.8, 4) is 0 Å². The van der Waals surface area contributed by atoms with E-state index < -0.39 is 11.5 Å². The highest BCUT2D eigenvalue weighted by atomic mass is 35.5. The van der Waals surface area contributed by atoms with E-state index in [-0.39, 0.29) is 36.5 Å². The Morgan fingerprint density at radius 1 is 1.07 bits per heavy atom. The van der Waals surface area contributed by atoms with Gasteiger partial charge in [0.25, 0.3) is 0 Å². The fraction of sp³-hybridized carbons (Fsp3) is 0.375. The summed E-state index contributed by atoms with van der Waals surface area (Å²) in [5.74, 6) is -0.0961. The second-order valence-electron chi connectivity index (χ2n) is 8.36. The first-order valence-corrected chi connectivity index (χ1v) is 10.9. The Morgan fingerprint density at radius 2 is 1.77 bits per heavy atom. The number of carbonyl (C=O) groups is 3. The standard InChI is InChI=1S/C24H23Cl2NO3/c1-2-19(14-28)27-22(15-6-8-17(25)9-7-15)21(16-4-3-5-18(26)10-16)13-24(23(27)30)11-20(29)12-24/h3-10,14,19,21-22H,2,11-13H2,1H3/t19-,21+,22+/m0/s1. The summed E-state index contributed by atoms with van der Waals surface area (Å²) in [6.07, 6.45) is 2.38. The molecule has 0 unspecified atom stereocenters. The lowest BCUT2D eigenvalue weighted by molar-refractivity contribution is -0.168. The van der Waals surface area contributed by atoms with Crippen LogP contribution in [0.4, 0.5) is 0 Å². The maximum Gasteiger partial charge on any atom is 0.230 e. The van der Waals surface area contributed by atoms with E-state index in [1.54, 1.807) is 17.0 Å². The molecule has 30 heavy (non-hydrogen) atoms. The fourth-order valence-corrected chi connectivity index (χ4v) is 5.34. The van der Waals surface area contributed by atoms with Crippen molar-refractivity contribution < 1.29 is 14.4 Å². The molecule has 0 bridgehead atoms. The first kappa shape index (κ1) is 21.1. The quantitative estimate of drug-likeness (QED) is 0.582. The molecule has 0 N–H and O–H groups in total. The first-order valence-electron chi connectivity index (χ1n) is 10.2. The number of nitrogens with zero attached hydrogens (tertiary/aromatic N) is 1. The summed E-state index contributed by atoms with van der Waals surface area (Å²) in [4.78, 5) is 39.3. The molecule has 1 amide bonds. The van der Waals surface area contributed by atoms with Crippen molar-refractivity contribution in [3.05, 3.63) is 69.7 Å². The van der Waals surface area contributed by atoms with Crippen molar-refractivity contribution in [3.63, 3.8) is 0 Å². The Hall–Kier alpha value is -2.17. The molecule has 2 fully saturated rings. The third-order valence-electron chi connectivity index (χ3n) is 6.47. The zero-order chi connectivity index (χ0) is 21.5. The van der Waals surface area contributed by atoms with E-state index in [9.17, 15) is 14.4 Å². The summed E-state index contributed by atoms with van der Waals surface area (Å²) >= 11 is 12.4. The Balaban J connectivity index is 1.89. The molecule has 1 heterocycles. The summed E-state index contributed by atoms with van der Waals surface area (Å²) in [5.41, 5.74) is 1.18. The van der Waals surface area contributed by atoms with Crippen LogP contribution in [-0.2, 0) is 14.4 Å². The summed E-state index contributed by atoms with van der Waals surface area (Å²) in [6, 6.07) is 14.1. The lowest BCUT2D eigenvalue weighted by Gasteiger charge is -2.54. The minimum Gasteiger partial charge on any atom is -0.325 e. The van der Waals surface area contributed by atoms with Gasteiger partial charge in [0, 0.05) is 28.8 Å². The number of amides is 1. The van der Waals surface area contributed by atoms with Gasteiger partial charge < -0.3 is 9.69 Å². The number of halogens is 2. The monoisotopic (exact) mass is 443 g/mol. The largest absolute Gasteiger partial charge is 0.325 e. The highest BCUT2D eigenvalue weighted by Gasteiger charge is 2.59. The van der Waals surface area contributed by atoms with Crippen molar-refractivity contribution in [1.82, 2.24) is 4.90 Å². The number of piperidine rings is 1. The van der Waals surface area contributed by atoms with Crippen LogP contribution in [0.1, 0.15) is 55.7 Å². The van der Waals surface area contributed by atoms with Gasteiger partial charge >= 0.3 is 0 Å². The van der Waals surface area contributed by atoms with Crippen LogP contribution >= 0.6 is 23.2 Å². The number of benzene rings is 2. The van der Waals surface area contributed by atoms with E-state index in [2.05, 4.69) is 0 Å². The number of hydrogen-bond donors (Lipinski definition) is 0. The first-order chi connectivity index (χ1) is 14.4. The van der Waals surface area contributed by atoms with Gasteiger partial charge in [-0.1, -0.05) is 54.4 Å². The second kappa shape index (κ2) is 8.16. The minimum atomic E-state index is -0.733. The van der Waals surface area contributed by atoms with Gasteiger partial charge in [-0.25, -0.2) is 0 Å². The highest BCUT2D eigenvalue weighted by Crippen LogP contribution is 2.57. The Morgan fingerprint density at radius 3 is 2.33 bits per heavy atom. The van der Waals surface area contributed by atoms with Gasteiger partial charge in [-0.3, -0.25) is 9.59 Å². The van der Waals surface area contributed by atoms with E-state index >= 15 is 0 Å². The second-order valence-corrected chi connectivity index (χ2v) is 9.23. The van der Waals surface area contributed by atoms with Crippen LogP contribution in [0.2, 0.25) is 10.0 Å². The Kier molecular flexibility index (Phi) is 5.73. The average Bonchev–Trinajstić information content (AvgIpc) is 2.71. The Labute approximate surface area is 186 Å². The van der Waals surface area contributed by atoms with Gasteiger partial charge in [0.05, 0.1) is 17.5 Å². The van der Waals surface area contributed by atoms with Gasteiger partial charge in [0.2, 0.25) is 5.91 Å². The third-order valence-corrected chi connectivity index (χ3v) is 6.96. The molecule has 2 aliphatic rings. The number of likely N-dealkylation sites (tertiary alicyclic amines) is 1. The molecule has 0 aromatic heterocycles. The molecule has 1 spiro atoms. The molecule has 0 radical (unpaired) electrons. The van der Waals surface area contributed by atoms with Crippen LogP contribution in [-0.4, -0.2) is 28.9 Å². The van der Waals surface area contributed by atoms with Gasteiger partial charge in [-0.15, -0.1) is 0 Å². The van der Waals surface area contributed by atoms with Crippen molar-refractivity contribution in [1.29, 1.82) is 0 Å². The molecule has 1 aliphatic carbocycles. The third kappa shape index (κ3) is 3.57. The number of carbonyl (C=O) groups excluding carboxylic acids is 3. The van der Waals surface area contributed by atoms with Crippen molar-refractivity contribution in [2.24, 2.45) is 5.41 Å². The SMILES string of the molecule is CC[C@@H](C=O)N1C(=O)C2(CC(=O)C2)C[C@H](c2cccc(Cl)c2)[C@H]1c1ccc(Cl)cc1. The number of ketones is 1. The van der Waals surface area contributed by atoms with E-state index in [4.69, 9.17) is 23.2 Å². The lowest BCUT2D eigenvalue weighted by Crippen LogP contribution is -2.60. The molecule has 1 saturated heterocycles. The van der Waals surface area contributed by atoms with Crippen molar-refractivity contribution in [2.75, 3.05) is 0 Å². The molecular weight excluding hydrogens is 421 g/mol. The van der Waals surface area contributed by atoms with Crippen molar-refractivity contribution in [2.45, 2.75) is 50.6 Å². The number of Topliss-reactive ketones (excluding diaryl/α,β-unsaturated/α-hetero) is 1. The van der Waals surface area contributed by atoms with Gasteiger partial charge in [-0.2, -0.15) is 0 Å². The smallest absolute Gasteiger partial charge is 0.230 e. The maximum absolute atomic E-state index is 13.7. The Bertz CT molecular complexity index is 980. The van der Waals surface area contributed by atoms with Gasteiger partial charge in [0.15, 0.2) is 0 Å². The molecular formula is C24H23Cl2NO3. The zero-order valence-corrected chi connectivity index (χ0v) is 18.2. The molecule has 2 aromatic carbocycles. The molecule has 156 valence electrons. The highest BCUT2D eigenvalue weighted by molar-refractivity contribution is 6.30. The molecule has 4 rings (SSSR count). The summed E-state index contributed by atoms with van der Waals surface area (Å²) < 4.78 is 0. The maximum atomic E-state index is 13.7. The van der Waals surface area contributed by atoms with Crippen LogP contribution < -0.4 is 0 Å². The predicted molar refractivity (Wildman–Crippen MR) is 117 cm³/mol. The zero-order valence-electron chi connectivity index (χ0n) is 16.7. The molecule has 6 heteroatoms. The van der Waals surface area contributed by atoms with Gasteiger partial charge in [-0.05, 0) is 48.2 Å². The predicted octanol–water partition coefficient (Wildman–Crippen LogP) is 5.38. The van der Waals surface area contributed by atoms with E-state index in [0.29, 0.717) is 22.9 Å². The van der Waals surface area contributed by atoms with Crippen molar-refractivity contribution >= 4 is 41.2 Å². The number of hydrogen-bond acceptors (Lipinski definition) is 3. The molecule has 3 atom stereocenters. The summed E-state index contributed by atoms with van der Waals surface area (Å²) in [7, 11) is 0. The topological polar surface area (TPSA) is 54.5 Å². The number of rotatable bonds is 5. The van der Waals surface area contributed by atoms with Gasteiger partial charge in [0.1, 0.15) is 12.1 Å².